The second-order valence-electron chi connectivity index (χ2n) is 4.03. The van der Waals surface area contributed by atoms with Crippen molar-refractivity contribution in [2.24, 2.45) is 0 Å². The topological polar surface area (TPSA) is 54.0 Å². The number of carbonyl (C=O) groups excluding carboxylic acids is 1. The number of anilines is 1. The molecule has 0 aromatic carbocycles. The third-order valence-electron chi connectivity index (χ3n) is 2.71. The number of aromatic nitrogens is 1. The molecule has 2 heterocycles. The Morgan fingerprint density at radius 1 is 1.44 bits per heavy atom. The van der Waals surface area contributed by atoms with Crippen LogP contribution in [0.4, 0.5) is 19.0 Å². The van der Waals surface area contributed by atoms with Crippen molar-refractivity contribution in [3.05, 3.63) is 23.9 Å². The highest BCUT2D eigenvalue weighted by atomic mass is 19.4. The lowest BCUT2D eigenvalue weighted by Crippen LogP contribution is -2.44. The SMILES string of the molecule is O=C1NCCCC1Nc1ncccc1C(F)(F)F. The van der Waals surface area contributed by atoms with Gasteiger partial charge in [0.2, 0.25) is 5.91 Å². The summed E-state index contributed by atoms with van der Waals surface area (Å²) in [6.45, 7) is 0.561. The molecule has 0 bridgehead atoms. The minimum absolute atomic E-state index is 0.292. The molecule has 98 valence electrons. The van der Waals surface area contributed by atoms with Crippen molar-refractivity contribution in [2.75, 3.05) is 11.9 Å². The Balaban J connectivity index is 2.21. The van der Waals surface area contributed by atoms with Crippen LogP contribution in [0.2, 0.25) is 0 Å². The second kappa shape index (κ2) is 4.83. The number of nitrogens with one attached hydrogen (secondary N) is 2. The predicted octanol–water partition coefficient (Wildman–Crippen LogP) is 1.79. The van der Waals surface area contributed by atoms with E-state index in [1.165, 1.54) is 12.3 Å². The van der Waals surface area contributed by atoms with Crippen molar-refractivity contribution in [1.82, 2.24) is 10.3 Å². The predicted molar refractivity (Wildman–Crippen MR) is 58.9 cm³/mol. The van der Waals surface area contributed by atoms with E-state index in [1.807, 2.05) is 0 Å². The van der Waals surface area contributed by atoms with Crippen molar-refractivity contribution < 1.29 is 18.0 Å². The molecule has 0 radical (unpaired) electrons. The van der Waals surface area contributed by atoms with Crippen LogP contribution in [0, 0.1) is 0 Å². The van der Waals surface area contributed by atoms with Crippen molar-refractivity contribution >= 4 is 11.7 Å². The number of nitrogens with zero attached hydrogens (tertiary/aromatic N) is 1. The lowest BCUT2D eigenvalue weighted by atomic mass is 10.1. The third kappa shape index (κ3) is 2.72. The Kier molecular flexibility index (Phi) is 3.40. The van der Waals surface area contributed by atoms with Crippen LogP contribution in [0.3, 0.4) is 0 Å². The van der Waals surface area contributed by atoms with Gasteiger partial charge in [-0.2, -0.15) is 13.2 Å². The Bertz CT molecular complexity index is 447. The number of piperidine rings is 1. The van der Waals surface area contributed by atoms with Gasteiger partial charge >= 0.3 is 6.18 Å². The number of carbonyl (C=O) groups is 1. The minimum atomic E-state index is -4.48. The first-order valence-corrected chi connectivity index (χ1v) is 5.55. The Labute approximate surface area is 102 Å². The average molecular weight is 259 g/mol. The van der Waals surface area contributed by atoms with Gasteiger partial charge in [-0.05, 0) is 25.0 Å². The van der Waals surface area contributed by atoms with Crippen molar-refractivity contribution in [1.29, 1.82) is 0 Å². The number of rotatable bonds is 2. The second-order valence-corrected chi connectivity index (χ2v) is 4.03. The molecule has 18 heavy (non-hydrogen) atoms. The molecule has 1 unspecified atom stereocenters. The number of pyridine rings is 1. The molecule has 1 fully saturated rings. The summed E-state index contributed by atoms with van der Waals surface area (Å²) in [5, 5.41) is 5.16. The first kappa shape index (κ1) is 12.7. The lowest BCUT2D eigenvalue weighted by Gasteiger charge is -2.24. The zero-order valence-corrected chi connectivity index (χ0v) is 9.42. The van der Waals surface area contributed by atoms with Crippen LogP contribution in [-0.2, 0) is 11.0 Å². The van der Waals surface area contributed by atoms with E-state index in [9.17, 15) is 18.0 Å². The molecule has 1 aromatic rings. The molecule has 2 N–H and O–H groups in total. The van der Waals surface area contributed by atoms with Crippen molar-refractivity contribution in [3.63, 3.8) is 0 Å². The van der Waals surface area contributed by atoms with E-state index < -0.39 is 17.8 Å². The molecule has 1 aromatic heterocycles. The van der Waals surface area contributed by atoms with Gasteiger partial charge in [0.05, 0.1) is 5.56 Å². The summed E-state index contributed by atoms with van der Waals surface area (Å²) >= 11 is 0. The number of amides is 1. The molecule has 0 spiro atoms. The molecule has 7 heteroatoms. The summed E-state index contributed by atoms with van der Waals surface area (Å²) in [5.74, 6) is -0.591. The molecule has 1 aliphatic heterocycles. The van der Waals surface area contributed by atoms with Gasteiger partial charge in [0.15, 0.2) is 0 Å². The van der Waals surface area contributed by atoms with Gasteiger partial charge in [0.25, 0.3) is 0 Å². The van der Waals surface area contributed by atoms with Gasteiger partial charge in [-0.1, -0.05) is 0 Å². The van der Waals surface area contributed by atoms with Crippen LogP contribution in [0.1, 0.15) is 18.4 Å². The van der Waals surface area contributed by atoms with E-state index in [2.05, 4.69) is 15.6 Å². The summed E-state index contributed by atoms with van der Waals surface area (Å²) in [7, 11) is 0. The molecule has 2 rings (SSSR count). The number of hydrogen-bond donors (Lipinski definition) is 2. The number of alkyl halides is 3. The zero-order valence-electron chi connectivity index (χ0n) is 9.42. The van der Waals surface area contributed by atoms with E-state index in [0.29, 0.717) is 13.0 Å². The van der Waals surface area contributed by atoms with Crippen LogP contribution in [0.5, 0.6) is 0 Å². The van der Waals surface area contributed by atoms with Gasteiger partial charge < -0.3 is 10.6 Å². The number of hydrogen-bond acceptors (Lipinski definition) is 3. The normalized spacial score (nSPS) is 20.4. The van der Waals surface area contributed by atoms with Crippen LogP contribution in [0.15, 0.2) is 18.3 Å². The molecule has 1 atom stereocenters. The zero-order chi connectivity index (χ0) is 13.2. The van der Waals surface area contributed by atoms with Gasteiger partial charge in [-0.3, -0.25) is 4.79 Å². The van der Waals surface area contributed by atoms with E-state index >= 15 is 0 Å². The molecule has 0 aliphatic carbocycles. The molecule has 1 saturated heterocycles. The minimum Gasteiger partial charge on any atom is -0.358 e. The smallest absolute Gasteiger partial charge is 0.358 e. The summed E-state index contributed by atoms with van der Waals surface area (Å²) in [6.07, 6.45) is -1.99. The summed E-state index contributed by atoms with van der Waals surface area (Å²) in [6, 6.07) is 1.50. The maximum atomic E-state index is 12.7. The third-order valence-corrected chi connectivity index (χ3v) is 2.71. The van der Waals surface area contributed by atoms with E-state index in [4.69, 9.17) is 0 Å². The molecule has 1 aliphatic rings. The van der Waals surface area contributed by atoms with Crippen molar-refractivity contribution in [2.45, 2.75) is 25.1 Å². The first-order chi connectivity index (χ1) is 8.48. The van der Waals surface area contributed by atoms with Crippen molar-refractivity contribution in [3.8, 4) is 0 Å². The fourth-order valence-corrected chi connectivity index (χ4v) is 1.82. The summed E-state index contributed by atoms with van der Waals surface area (Å²) in [4.78, 5) is 15.1. The maximum Gasteiger partial charge on any atom is 0.419 e. The lowest BCUT2D eigenvalue weighted by molar-refractivity contribution is -0.137. The largest absolute Gasteiger partial charge is 0.419 e. The standard InChI is InChI=1S/C11H12F3N3O/c12-11(13,14)7-3-1-5-15-9(7)17-8-4-2-6-16-10(8)18/h1,3,5,8H,2,4,6H2,(H,15,17)(H,16,18). The first-order valence-electron chi connectivity index (χ1n) is 5.55. The van der Waals surface area contributed by atoms with E-state index in [0.717, 1.165) is 12.5 Å². The van der Waals surface area contributed by atoms with Gasteiger partial charge in [-0.15, -0.1) is 0 Å². The van der Waals surface area contributed by atoms with Crippen LogP contribution in [0.25, 0.3) is 0 Å². The van der Waals surface area contributed by atoms with Gasteiger partial charge in [0, 0.05) is 12.7 Å². The van der Waals surface area contributed by atoms with E-state index in [1.54, 1.807) is 0 Å². The molecule has 0 saturated carbocycles. The van der Waals surface area contributed by atoms with Crippen LogP contribution >= 0.6 is 0 Å². The Morgan fingerprint density at radius 2 is 2.22 bits per heavy atom. The fraction of sp³-hybridized carbons (Fsp3) is 0.455. The highest BCUT2D eigenvalue weighted by Gasteiger charge is 2.35. The molecular formula is C11H12F3N3O. The monoisotopic (exact) mass is 259 g/mol. The highest BCUT2D eigenvalue weighted by molar-refractivity contribution is 5.85. The fourth-order valence-electron chi connectivity index (χ4n) is 1.82. The summed E-state index contributed by atoms with van der Waals surface area (Å²) < 4.78 is 38.2. The van der Waals surface area contributed by atoms with Crippen LogP contribution < -0.4 is 10.6 Å². The molecule has 4 nitrogen and oxygen atoms in total. The Hall–Kier alpha value is -1.79. The molecular weight excluding hydrogens is 247 g/mol. The highest BCUT2D eigenvalue weighted by Crippen LogP contribution is 2.33. The van der Waals surface area contributed by atoms with Crippen LogP contribution in [-0.4, -0.2) is 23.5 Å². The van der Waals surface area contributed by atoms with E-state index in [-0.39, 0.29) is 11.7 Å². The average Bonchev–Trinajstić information content (AvgIpc) is 2.31. The maximum absolute atomic E-state index is 12.7. The molecule has 1 amide bonds. The van der Waals surface area contributed by atoms with Gasteiger partial charge in [0.1, 0.15) is 11.9 Å². The summed E-state index contributed by atoms with van der Waals surface area (Å²) in [5.41, 5.74) is -0.858. The van der Waals surface area contributed by atoms with Gasteiger partial charge in [-0.25, -0.2) is 4.98 Å². The Morgan fingerprint density at radius 3 is 2.89 bits per heavy atom. The quantitative estimate of drug-likeness (QED) is 0.851. The number of halogens is 3.